The van der Waals surface area contributed by atoms with E-state index in [-0.39, 0.29) is 18.0 Å². The third-order valence-electron chi connectivity index (χ3n) is 2.75. The van der Waals surface area contributed by atoms with Crippen molar-refractivity contribution in [2.75, 3.05) is 19.6 Å². The molecule has 0 aliphatic carbocycles. The molecule has 1 heterocycles. The van der Waals surface area contributed by atoms with Crippen LogP contribution in [0, 0.1) is 5.82 Å². The van der Waals surface area contributed by atoms with Gasteiger partial charge in [0.1, 0.15) is 5.82 Å². The number of hydrogen-bond donors (Lipinski definition) is 2. The van der Waals surface area contributed by atoms with E-state index in [0.29, 0.717) is 19.6 Å². The van der Waals surface area contributed by atoms with Crippen molar-refractivity contribution in [1.82, 2.24) is 10.6 Å². The number of benzene rings is 1. The number of piperazine rings is 1. The van der Waals surface area contributed by atoms with Gasteiger partial charge in [0.15, 0.2) is 0 Å². The van der Waals surface area contributed by atoms with Gasteiger partial charge >= 0.3 is 6.18 Å². The van der Waals surface area contributed by atoms with Crippen molar-refractivity contribution >= 4 is 12.4 Å². The molecule has 1 atom stereocenters. The maximum absolute atomic E-state index is 13.3. The van der Waals surface area contributed by atoms with Gasteiger partial charge < -0.3 is 10.6 Å². The molecule has 0 amide bonds. The summed E-state index contributed by atoms with van der Waals surface area (Å²) in [6.07, 6.45) is -4.67. The smallest absolute Gasteiger partial charge is 0.314 e. The van der Waals surface area contributed by atoms with Gasteiger partial charge in [0.25, 0.3) is 0 Å². The average Bonchev–Trinajstić information content (AvgIpc) is 2.28. The van der Waals surface area contributed by atoms with Crippen molar-refractivity contribution in [3.05, 3.63) is 35.1 Å². The van der Waals surface area contributed by atoms with Crippen LogP contribution in [-0.4, -0.2) is 19.6 Å². The topological polar surface area (TPSA) is 24.1 Å². The van der Waals surface area contributed by atoms with Crippen LogP contribution in [0.2, 0.25) is 0 Å². The molecule has 2 N–H and O–H groups in total. The predicted octanol–water partition coefficient (Wildman–Crippen LogP) is 2.50. The maximum atomic E-state index is 13.3. The Hall–Kier alpha value is -0.850. The highest BCUT2D eigenvalue weighted by Crippen LogP contribution is 2.36. The molecular weight excluding hydrogens is 272 g/mol. The Bertz CT molecular complexity index is 403. The predicted molar refractivity (Wildman–Crippen MR) is 62.3 cm³/mol. The van der Waals surface area contributed by atoms with Gasteiger partial charge in [-0.3, -0.25) is 0 Å². The van der Waals surface area contributed by atoms with Crippen LogP contribution >= 0.6 is 12.4 Å². The minimum atomic E-state index is -4.67. The summed E-state index contributed by atoms with van der Waals surface area (Å²) < 4.78 is 51.7. The van der Waals surface area contributed by atoms with Gasteiger partial charge in [-0.15, -0.1) is 12.4 Å². The third-order valence-corrected chi connectivity index (χ3v) is 2.75. The summed E-state index contributed by atoms with van der Waals surface area (Å²) in [6, 6.07) is 2.95. The molecule has 1 aromatic carbocycles. The first kappa shape index (κ1) is 15.2. The van der Waals surface area contributed by atoms with Gasteiger partial charge in [0.2, 0.25) is 0 Å². The standard InChI is InChI=1S/C11H12F4N2.ClH/c12-8-3-1-2-7(10(8)11(13,14)15)9-6-16-4-5-17-9;/h1-3,9,16-17H,4-6H2;1H/t9-;/m1./s1. The van der Waals surface area contributed by atoms with E-state index in [2.05, 4.69) is 10.6 Å². The molecule has 0 aromatic heterocycles. The molecule has 102 valence electrons. The highest BCUT2D eigenvalue weighted by Gasteiger charge is 2.38. The first-order chi connectivity index (χ1) is 8.00. The van der Waals surface area contributed by atoms with E-state index in [1.807, 2.05) is 0 Å². The van der Waals surface area contributed by atoms with Crippen LogP contribution in [0.4, 0.5) is 17.6 Å². The highest BCUT2D eigenvalue weighted by molar-refractivity contribution is 5.85. The van der Waals surface area contributed by atoms with Crippen LogP contribution in [0.1, 0.15) is 17.2 Å². The summed E-state index contributed by atoms with van der Waals surface area (Å²) in [5.74, 6) is -1.22. The Balaban J connectivity index is 0.00000162. The molecule has 0 radical (unpaired) electrons. The summed E-state index contributed by atoms with van der Waals surface area (Å²) in [7, 11) is 0. The van der Waals surface area contributed by atoms with E-state index < -0.39 is 23.6 Å². The number of rotatable bonds is 1. The Kier molecular flexibility index (Phi) is 4.95. The fourth-order valence-corrected chi connectivity index (χ4v) is 2.00. The fraction of sp³-hybridized carbons (Fsp3) is 0.455. The average molecular weight is 285 g/mol. The second kappa shape index (κ2) is 5.86. The molecule has 2 rings (SSSR count). The van der Waals surface area contributed by atoms with Crippen LogP contribution in [-0.2, 0) is 6.18 Å². The minimum absolute atomic E-state index is 0. The Morgan fingerprint density at radius 2 is 1.89 bits per heavy atom. The SMILES string of the molecule is Cl.Fc1cccc([C@H]2CNCCN2)c1C(F)(F)F. The quantitative estimate of drug-likeness (QED) is 0.774. The third kappa shape index (κ3) is 3.13. The number of alkyl halides is 3. The molecule has 0 bridgehead atoms. The fourth-order valence-electron chi connectivity index (χ4n) is 2.00. The number of halogens is 5. The first-order valence-corrected chi connectivity index (χ1v) is 5.30. The van der Waals surface area contributed by atoms with E-state index in [4.69, 9.17) is 0 Å². The van der Waals surface area contributed by atoms with Gasteiger partial charge in [-0.05, 0) is 11.6 Å². The van der Waals surface area contributed by atoms with E-state index in [1.54, 1.807) is 0 Å². The van der Waals surface area contributed by atoms with Crippen molar-refractivity contribution in [3.63, 3.8) is 0 Å². The Labute approximate surface area is 108 Å². The van der Waals surface area contributed by atoms with E-state index >= 15 is 0 Å². The Morgan fingerprint density at radius 1 is 1.17 bits per heavy atom. The van der Waals surface area contributed by atoms with Gasteiger partial charge in [-0.2, -0.15) is 13.2 Å². The lowest BCUT2D eigenvalue weighted by atomic mass is 9.98. The molecule has 1 fully saturated rings. The maximum Gasteiger partial charge on any atom is 0.419 e. The van der Waals surface area contributed by atoms with Crippen LogP contribution in [0.25, 0.3) is 0 Å². The number of nitrogens with one attached hydrogen (secondary N) is 2. The van der Waals surface area contributed by atoms with Crippen molar-refractivity contribution in [3.8, 4) is 0 Å². The molecule has 1 saturated heterocycles. The van der Waals surface area contributed by atoms with Crippen molar-refractivity contribution < 1.29 is 17.6 Å². The molecule has 1 aromatic rings. The van der Waals surface area contributed by atoms with Gasteiger partial charge in [-0.25, -0.2) is 4.39 Å². The molecule has 1 aliphatic heterocycles. The summed E-state index contributed by atoms with van der Waals surface area (Å²) in [5.41, 5.74) is -1.20. The number of hydrogen-bond acceptors (Lipinski definition) is 2. The lowest BCUT2D eigenvalue weighted by molar-refractivity contribution is -0.140. The molecular formula is C11H13ClF4N2. The minimum Gasteiger partial charge on any atom is -0.314 e. The van der Waals surface area contributed by atoms with Crippen LogP contribution in [0.3, 0.4) is 0 Å². The monoisotopic (exact) mass is 284 g/mol. The summed E-state index contributed by atoms with van der Waals surface area (Å²) in [6.45, 7) is 1.64. The van der Waals surface area contributed by atoms with Gasteiger partial charge in [0, 0.05) is 25.7 Å². The summed E-state index contributed by atoms with van der Waals surface area (Å²) in [5, 5.41) is 5.93. The normalized spacial score (nSPS) is 20.3. The van der Waals surface area contributed by atoms with Crippen LogP contribution < -0.4 is 10.6 Å². The van der Waals surface area contributed by atoms with Crippen LogP contribution in [0.5, 0.6) is 0 Å². The van der Waals surface area contributed by atoms with Gasteiger partial charge in [0.05, 0.1) is 5.56 Å². The van der Waals surface area contributed by atoms with E-state index in [1.165, 1.54) is 12.1 Å². The van der Waals surface area contributed by atoms with Crippen molar-refractivity contribution in [1.29, 1.82) is 0 Å². The van der Waals surface area contributed by atoms with Crippen molar-refractivity contribution in [2.24, 2.45) is 0 Å². The molecule has 2 nitrogen and oxygen atoms in total. The lowest BCUT2D eigenvalue weighted by Gasteiger charge is -2.27. The second-order valence-electron chi connectivity index (χ2n) is 3.91. The molecule has 0 unspecified atom stereocenters. The van der Waals surface area contributed by atoms with Crippen molar-refractivity contribution in [2.45, 2.75) is 12.2 Å². The largest absolute Gasteiger partial charge is 0.419 e. The first-order valence-electron chi connectivity index (χ1n) is 5.30. The molecule has 0 spiro atoms. The molecule has 1 aliphatic rings. The van der Waals surface area contributed by atoms with E-state index in [9.17, 15) is 17.6 Å². The second-order valence-corrected chi connectivity index (χ2v) is 3.91. The zero-order valence-electron chi connectivity index (χ0n) is 9.35. The lowest BCUT2D eigenvalue weighted by Crippen LogP contribution is -2.43. The van der Waals surface area contributed by atoms with E-state index in [0.717, 1.165) is 6.07 Å². The molecule has 18 heavy (non-hydrogen) atoms. The van der Waals surface area contributed by atoms with Gasteiger partial charge in [-0.1, -0.05) is 12.1 Å². The molecule has 0 saturated carbocycles. The van der Waals surface area contributed by atoms with Crippen LogP contribution in [0.15, 0.2) is 18.2 Å². The Morgan fingerprint density at radius 3 is 2.44 bits per heavy atom. The zero-order chi connectivity index (χ0) is 12.5. The molecule has 7 heteroatoms. The zero-order valence-corrected chi connectivity index (χ0v) is 10.2. The summed E-state index contributed by atoms with van der Waals surface area (Å²) in [4.78, 5) is 0. The highest BCUT2D eigenvalue weighted by atomic mass is 35.5. The summed E-state index contributed by atoms with van der Waals surface area (Å²) >= 11 is 0.